The molecule has 2 aliphatic heterocycles. The van der Waals surface area contributed by atoms with Crippen molar-refractivity contribution in [2.75, 3.05) is 26.7 Å². The first-order chi connectivity index (χ1) is 13.6. The Bertz CT molecular complexity index is 854. The first kappa shape index (κ1) is 18.9. The molecule has 2 fully saturated rings. The monoisotopic (exact) mass is 384 g/mol. The van der Waals surface area contributed by atoms with E-state index in [1.54, 1.807) is 27.7 Å². The first-order valence-corrected chi connectivity index (χ1v) is 10.2. The molecule has 0 bridgehead atoms. The van der Waals surface area contributed by atoms with Gasteiger partial charge in [-0.05, 0) is 56.8 Å². The van der Waals surface area contributed by atoms with Crippen LogP contribution in [0.25, 0.3) is 5.82 Å². The summed E-state index contributed by atoms with van der Waals surface area (Å²) in [4.78, 5) is 28.5. The molecule has 8 heteroatoms. The van der Waals surface area contributed by atoms with Crippen molar-refractivity contribution >= 4 is 5.91 Å². The van der Waals surface area contributed by atoms with Crippen molar-refractivity contribution in [1.29, 1.82) is 0 Å². The summed E-state index contributed by atoms with van der Waals surface area (Å²) < 4.78 is 3.24. The Labute approximate surface area is 164 Å². The molecule has 0 spiro atoms. The van der Waals surface area contributed by atoms with Crippen LogP contribution < -0.4 is 5.56 Å². The van der Waals surface area contributed by atoms with Gasteiger partial charge in [0, 0.05) is 51.1 Å². The van der Waals surface area contributed by atoms with Crippen molar-refractivity contribution in [2.45, 2.75) is 44.7 Å². The van der Waals surface area contributed by atoms with E-state index in [0.717, 1.165) is 45.3 Å². The topological polar surface area (TPSA) is 76.3 Å². The normalized spacial score (nSPS) is 22.0. The fraction of sp³-hybridized carbons (Fsp3) is 0.600. The highest BCUT2D eigenvalue weighted by molar-refractivity contribution is 5.76. The van der Waals surface area contributed by atoms with Gasteiger partial charge in [-0.3, -0.25) is 9.59 Å². The van der Waals surface area contributed by atoms with Gasteiger partial charge in [0.05, 0.1) is 0 Å². The highest BCUT2D eigenvalue weighted by atomic mass is 16.2. The number of piperidine rings is 2. The van der Waals surface area contributed by atoms with Crippen LogP contribution in [0.15, 0.2) is 35.4 Å². The number of likely N-dealkylation sites (tertiary alicyclic amines) is 2. The molecule has 28 heavy (non-hydrogen) atoms. The lowest BCUT2D eigenvalue weighted by atomic mass is 9.95. The lowest BCUT2D eigenvalue weighted by Gasteiger charge is -2.39. The van der Waals surface area contributed by atoms with Gasteiger partial charge in [0.25, 0.3) is 5.56 Å². The lowest BCUT2D eigenvalue weighted by Crippen LogP contribution is -2.49. The number of aromatic nitrogens is 4. The molecule has 0 saturated carbocycles. The molecular formula is C20H28N6O2. The van der Waals surface area contributed by atoms with Crippen LogP contribution in [-0.4, -0.2) is 68.0 Å². The third-order valence-corrected chi connectivity index (χ3v) is 6.07. The highest BCUT2D eigenvalue weighted by Crippen LogP contribution is 2.22. The van der Waals surface area contributed by atoms with E-state index >= 15 is 0 Å². The number of rotatable bonds is 5. The van der Waals surface area contributed by atoms with Gasteiger partial charge < -0.3 is 9.80 Å². The predicted molar refractivity (Wildman–Crippen MR) is 105 cm³/mol. The van der Waals surface area contributed by atoms with Crippen molar-refractivity contribution in [1.82, 2.24) is 29.4 Å². The maximum Gasteiger partial charge on any atom is 0.266 e. The fourth-order valence-corrected chi connectivity index (χ4v) is 4.27. The minimum absolute atomic E-state index is 0.0688. The van der Waals surface area contributed by atoms with Crippen LogP contribution in [0.1, 0.15) is 32.1 Å². The number of likely N-dealkylation sites (N-methyl/N-ethyl adjacent to an activating group) is 1. The van der Waals surface area contributed by atoms with Crippen LogP contribution in [0, 0.1) is 5.92 Å². The van der Waals surface area contributed by atoms with E-state index in [1.165, 1.54) is 0 Å². The summed E-state index contributed by atoms with van der Waals surface area (Å²) in [5.41, 5.74) is -0.0688. The molecule has 4 rings (SSSR count). The second-order valence-electron chi connectivity index (χ2n) is 7.96. The average Bonchev–Trinajstić information content (AvgIpc) is 3.23. The summed E-state index contributed by atoms with van der Waals surface area (Å²) in [6.07, 6.45) is 8.41. The maximum absolute atomic E-state index is 12.2. The molecule has 1 unspecified atom stereocenters. The molecule has 2 saturated heterocycles. The Morgan fingerprint density at radius 1 is 1.11 bits per heavy atom. The molecule has 2 aliphatic rings. The molecule has 150 valence electrons. The highest BCUT2D eigenvalue weighted by Gasteiger charge is 2.28. The zero-order chi connectivity index (χ0) is 19.5. The zero-order valence-corrected chi connectivity index (χ0v) is 16.4. The Hall–Kier alpha value is -2.48. The second-order valence-corrected chi connectivity index (χ2v) is 7.96. The van der Waals surface area contributed by atoms with Crippen LogP contribution in [0.4, 0.5) is 0 Å². The Balaban J connectivity index is 1.33. The van der Waals surface area contributed by atoms with E-state index in [-0.39, 0.29) is 11.5 Å². The van der Waals surface area contributed by atoms with E-state index in [2.05, 4.69) is 15.1 Å². The van der Waals surface area contributed by atoms with Gasteiger partial charge in [0.15, 0.2) is 5.82 Å². The van der Waals surface area contributed by atoms with Crippen molar-refractivity contribution in [2.24, 2.45) is 5.92 Å². The minimum Gasteiger partial charge on any atom is -0.341 e. The Morgan fingerprint density at radius 3 is 2.68 bits per heavy atom. The van der Waals surface area contributed by atoms with Gasteiger partial charge in [-0.15, -0.1) is 5.10 Å². The number of carbonyl (C=O) groups excluding carboxylic acids is 1. The molecular weight excluding hydrogens is 356 g/mol. The summed E-state index contributed by atoms with van der Waals surface area (Å²) in [7, 11) is 1.93. The molecule has 2 aromatic rings. The molecule has 0 radical (unpaired) electrons. The molecule has 8 nitrogen and oxygen atoms in total. The van der Waals surface area contributed by atoms with Crippen LogP contribution >= 0.6 is 0 Å². The summed E-state index contributed by atoms with van der Waals surface area (Å²) in [5.74, 6) is 1.38. The van der Waals surface area contributed by atoms with Crippen LogP contribution in [0.2, 0.25) is 0 Å². The van der Waals surface area contributed by atoms with Crippen LogP contribution in [0.3, 0.4) is 0 Å². The van der Waals surface area contributed by atoms with E-state index < -0.39 is 0 Å². The van der Waals surface area contributed by atoms with Gasteiger partial charge in [-0.25, -0.2) is 9.36 Å². The molecule has 1 atom stereocenters. The van der Waals surface area contributed by atoms with E-state index in [1.807, 2.05) is 24.2 Å². The van der Waals surface area contributed by atoms with Crippen LogP contribution in [-0.2, 0) is 11.3 Å². The first-order valence-electron chi connectivity index (χ1n) is 10.2. The van der Waals surface area contributed by atoms with E-state index in [0.29, 0.717) is 30.7 Å². The predicted octanol–water partition coefficient (Wildman–Crippen LogP) is 1.15. The maximum atomic E-state index is 12.2. The molecule has 0 aromatic carbocycles. The number of hydrogen-bond donors (Lipinski definition) is 0. The lowest BCUT2D eigenvalue weighted by molar-refractivity contribution is -0.135. The summed E-state index contributed by atoms with van der Waals surface area (Å²) in [6.45, 7) is 3.62. The fourth-order valence-electron chi connectivity index (χ4n) is 4.27. The molecule has 1 amide bonds. The molecule has 0 aliphatic carbocycles. The quantitative estimate of drug-likeness (QED) is 0.773. The Kier molecular flexibility index (Phi) is 5.57. The standard InChI is InChI=1S/C20H28N6O2/c1-23-17(4-2-5-19(23)27)15-24-12-8-16(9-13-24)14-26-20(28)7-6-18(22-26)25-11-3-10-21-25/h3,6-7,10-11,16-17H,2,4-5,8-9,12-15H2,1H3. The molecule has 4 heterocycles. The third-order valence-electron chi connectivity index (χ3n) is 6.07. The van der Waals surface area contributed by atoms with Crippen LogP contribution in [0.5, 0.6) is 0 Å². The van der Waals surface area contributed by atoms with Gasteiger partial charge in [0.1, 0.15) is 0 Å². The molecule has 2 aromatic heterocycles. The van der Waals surface area contributed by atoms with Gasteiger partial charge in [-0.1, -0.05) is 0 Å². The minimum atomic E-state index is -0.0688. The number of amides is 1. The number of hydrogen-bond acceptors (Lipinski definition) is 5. The smallest absolute Gasteiger partial charge is 0.266 e. The summed E-state index contributed by atoms with van der Waals surface area (Å²) in [5, 5.41) is 8.67. The summed E-state index contributed by atoms with van der Waals surface area (Å²) >= 11 is 0. The van der Waals surface area contributed by atoms with Crippen molar-refractivity contribution in [3.05, 3.63) is 40.9 Å². The largest absolute Gasteiger partial charge is 0.341 e. The van der Waals surface area contributed by atoms with Gasteiger partial charge >= 0.3 is 0 Å². The van der Waals surface area contributed by atoms with Crippen molar-refractivity contribution in [3.8, 4) is 5.82 Å². The van der Waals surface area contributed by atoms with Crippen molar-refractivity contribution < 1.29 is 4.79 Å². The van der Waals surface area contributed by atoms with E-state index in [9.17, 15) is 9.59 Å². The van der Waals surface area contributed by atoms with E-state index in [4.69, 9.17) is 0 Å². The third kappa shape index (κ3) is 4.16. The zero-order valence-electron chi connectivity index (χ0n) is 16.4. The van der Waals surface area contributed by atoms with Crippen molar-refractivity contribution in [3.63, 3.8) is 0 Å². The van der Waals surface area contributed by atoms with Gasteiger partial charge in [0.2, 0.25) is 5.91 Å². The average molecular weight is 384 g/mol. The molecule has 0 N–H and O–H groups in total. The number of nitrogens with zero attached hydrogens (tertiary/aromatic N) is 6. The Morgan fingerprint density at radius 2 is 1.93 bits per heavy atom. The second kappa shape index (κ2) is 8.26. The van der Waals surface area contributed by atoms with Gasteiger partial charge in [-0.2, -0.15) is 5.10 Å². The SMILES string of the molecule is CN1C(=O)CCCC1CN1CCC(Cn2nc(-n3cccn3)ccc2=O)CC1. The number of carbonyl (C=O) groups is 1. The summed E-state index contributed by atoms with van der Waals surface area (Å²) in [6, 6.07) is 5.45.